The van der Waals surface area contributed by atoms with Crippen molar-refractivity contribution in [3.63, 3.8) is 0 Å². The van der Waals surface area contributed by atoms with Crippen LogP contribution in [0.15, 0.2) is 18.2 Å². The van der Waals surface area contributed by atoms with Gasteiger partial charge in [-0.2, -0.15) is 0 Å². The molecule has 0 spiro atoms. The summed E-state index contributed by atoms with van der Waals surface area (Å²) in [5.41, 5.74) is 2.13. The average molecular weight is 404 g/mol. The van der Waals surface area contributed by atoms with Crippen LogP contribution in [0.2, 0.25) is 0 Å². The van der Waals surface area contributed by atoms with Crippen molar-refractivity contribution in [2.24, 2.45) is 11.3 Å². The van der Waals surface area contributed by atoms with Gasteiger partial charge in [0.1, 0.15) is 0 Å². The summed E-state index contributed by atoms with van der Waals surface area (Å²) in [6, 6.07) is 5.67. The van der Waals surface area contributed by atoms with Crippen molar-refractivity contribution in [1.82, 2.24) is 5.32 Å². The van der Waals surface area contributed by atoms with E-state index < -0.39 is 0 Å². The van der Waals surface area contributed by atoms with Gasteiger partial charge in [0.05, 0.1) is 5.56 Å². The zero-order valence-electron chi connectivity index (χ0n) is 18.6. The predicted octanol–water partition coefficient (Wildman–Crippen LogP) is 4.06. The van der Waals surface area contributed by atoms with E-state index in [9.17, 15) is 9.59 Å². The topological polar surface area (TPSA) is 70.7 Å². The van der Waals surface area contributed by atoms with E-state index in [2.05, 4.69) is 22.5 Å². The van der Waals surface area contributed by atoms with E-state index in [1.165, 1.54) is 0 Å². The minimum atomic E-state index is -0.110. The number of hydrogen-bond acceptors (Lipinski definition) is 4. The average Bonchev–Trinajstić information content (AvgIpc) is 2.64. The maximum Gasteiger partial charge on any atom is 0.253 e. The molecule has 162 valence electrons. The van der Waals surface area contributed by atoms with Crippen LogP contribution in [0.3, 0.4) is 0 Å². The molecule has 1 aliphatic rings. The fourth-order valence-electron chi connectivity index (χ4n) is 3.52. The normalized spacial score (nSPS) is 15.3. The molecule has 2 amide bonds. The molecule has 6 nitrogen and oxygen atoms in total. The van der Waals surface area contributed by atoms with Crippen molar-refractivity contribution in [2.75, 3.05) is 43.6 Å². The van der Waals surface area contributed by atoms with E-state index in [4.69, 9.17) is 4.74 Å². The maximum absolute atomic E-state index is 12.9. The van der Waals surface area contributed by atoms with Crippen LogP contribution in [-0.4, -0.2) is 45.2 Å². The molecule has 0 aromatic heterocycles. The van der Waals surface area contributed by atoms with Gasteiger partial charge in [0.15, 0.2) is 0 Å². The lowest BCUT2D eigenvalue weighted by atomic mass is 9.92. The third-order valence-corrected chi connectivity index (χ3v) is 5.15. The number of nitrogens with one attached hydrogen (secondary N) is 2. The van der Waals surface area contributed by atoms with Crippen LogP contribution >= 0.6 is 0 Å². The van der Waals surface area contributed by atoms with Crippen molar-refractivity contribution in [2.45, 2.75) is 53.4 Å². The zero-order chi connectivity index (χ0) is 21.4. The van der Waals surface area contributed by atoms with Gasteiger partial charge in [-0.25, -0.2) is 0 Å². The van der Waals surface area contributed by atoms with Crippen LogP contribution in [-0.2, 0) is 9.53 Å². The highest BCUT2D eigenvalue weighted by atomic mass is 16.5. The first-order chi connectivity index (χ1) is 13.7. The van der Waals surface area contributed by atoms with Crippen LogP contribution in [0.4, 0.5) is 11.4 Å². The summed E-state index contributed by atoms with van der Waals surface area (Å²) < 4.78 is 5.05. The van der Waals surface area contributed by atoms with Gasteiger partial charge in [0.2, 0.25) is 5.91 Å². The first-order valence-corrected chi connectivity index (χ1v) is 10.7. The Morgan fingerprint density at radius 2 is 1.90 bits per heavy atom. The largest absolute Gasteiger partial charge is 0.385 e. The van der Waals surface area contributed by atoms with E-state index in [1.807, 2.05) is 32.9 Å². The molecule has 6 heteroatoms. The minimum Gasteiger partial charge on any atom is -0.385 e. The summed E-state index contributed by atoms with van der Waals surface area (Å²) in [4.78, 5) is 27.5. The number of carbonyl (C=O) groups excluding carboxylic acids is 2. The number of nitrogens with zero attached hydrogens (tertiary/aromatic N) is 1. The highest BCUT2D eigenvalue weighted by Gasteiger charge is 2.22. The third-order valence-electron chi connectivity index (χ3n) is 5.15. The molecule has 0 saturated carbocycles. The zero-order valence-corrected chi connectivity index (χ0v) is 18.6. The van der Waals surface area contributed by atoms with Crippen molar-refractivity contribution >= 4 is 23.2 Å². The van der Waals surface area contributed by atoms with E-state index >= 15 is 0 Å². The van der Waals surface area contributed by atoms with Crippen LogP contribution in [0.5, 0.6) is 0 Å². The molecule has 2 N–H and O–H groups in total. The number of piperidine rings is 1. The summed E-state index contributed by atoms with van der Waals surface area (Å²) in [6.45, 7) is 11.4. The molecule has 0 radical (unpaired) electrons. The van der Waals surface area contributed by atoms with Crippen molar-refractivity contribution < 1.29 is 14.3 Å². The van der Waals surface area contributed by atoms with Gasteiger partial charge in [0, 0.05) is 51.1 Å². The molecule has 0 bridgehead atoms. The predicted molar refractivity (Wildman–Crippen MR) is 119 cm³/mol. The van der Waals surface area contributed by atoms with Crippen LogP contribution in [0.25, 0.3) is 0 Å². The van der Waals surface area contributed by atoms with Gasteiger partial charge in [-0.05, 0) is 48.8 Å². The lowest BCUT2D eigenvalue weighted by Gasteiger charge is -2.33. The number of methoxy groups -OCH3 is 1. The summed E-state index contributed by atoms with van der Waals surface area (Å²) in [5, 5.41) is 5.93. The summed E-state index contributed by atoms with van der Waals surface area (Å²) >= 11 is 0. The first kappa shape index (κ1) is 23.2. The Morgan fingerprint density at radius 3 is 2.52 bits per heavy atom. The number of amides is 2. The lowest BCUT2D eigenvalue weighted by Crippen LogP contribution is -2.35. The molecule has 1 aromatic carbocycles. The molecule has 1 heterocycles. The quantitative estimate of drug-likeness (QED) is 0.642. The Balaban J connectivity index is 2.19. The van der Waals surface area contributed by atoms with E-state index in [0.717, 1.165) is 38.0 Å². The molecule has 29 heavy (non-hydrogen) atoms. The molecule has 1 fully saturated rings. The van der Waals surface area contributed by atoms with Gasteiger partial charge in [0.25, 0.3) is 5.91 Å². The smallest absolute Gasteiger partial charge is 0.253 e. The highest BCUT2D eigenvalue weighted by molar-refractivity contribution is 6.02. The van der Waals surface area contributed by atoms with Gasteiger partial charge in [-0.1, -0.05) is 27.7 Å². The van der Waals surface area contributed by atoms with Crippen LogP contribution < -0.4 is 15.5 Å². The Morgan fingerprint density at radius 1 is 1.21 bits per heavy atom. The summed E-state index contributed by atoms with van der Waals surface area (Å²) in [6.07, 6.45) is 3.44. The third kappa shape index (κ3) is 7.69. The monoisotopic (exact) mass is 403 g/mol. The molecule has 0 unspecified atom stereocenters. The molecule has 0 atom stereocenters. The van der Waals surface area contributed by atoms with Crippen molar-refractivity contribution in [3.8, 4) is 0 Å². The Bertz CT molecular complexity index is 689. The molecule has 1 saturated heterocycles. The number of carbonyl (C=O) groups is 2. The Labute approximate surface area is 175 Å². The summed E-state index contributed by atoms with van der Waals surface area (Å²) in [5.74, 6) is 0.568. The fraction of sp³-hybridized carbons (Fsp3) is 0.652. The second-order valence-electron chi connectivity index (χ2n) is 9.29. The second-order valence-corrected chi connectivity index (χ2v) is 9.29. The molecule has 2 rings (SSSR count). The molecular weight excluding hydrogens is 366 g/mol. The summed E-state index contributed by atoms with van der Waals surface area (Å²) in [7, 11) is 1.65. The van der Waals surface area contributed by atoms with Crippen molar-refractivity contribution in [1.29, 1.82) is 0 Å². The highest BCUT2D eigenvalue weighted by Crippen LogP contribution is 2.29. The second kappa shape index (κ2) is 10.6. The van der Waals surface area contributed by atoms with E-state index in [1.54, 1.807) is 13.2 Å². The van der Waals surface area contributed by atoms with E-state index in [0.29, 0.717) is 36.7 Å². The van der Waals surface area contributed by atoms with Gasteiger partial charge in [-0.3, -0.25) is 9.59 Å². The number of rotatable bonds is 8. The molecule has 1 aromatic rings. The first-order valence-electron chi connectivity index (χ1n) is 10.7. The lowest BCUT2D eigenvalue weighted by molar-refractivity contribution is -0.117. The molecule has 1 aliphatic heterocycles. The Kier molecular flexibility index (Phi) is 8.50. The number of benzene rings is 1. The number of ether oxygens (including phenoxy) is 1. The number of hydrogen-bond donors (Lipinski definition) is 2. The van der Waals surface area contributed by atoms with Gasteiger partial charge < -0.3 is 20.3 Å². The van der Waals surface area contributed by atoms with Gasteiger partial charge >= 0.3 is 0 Å². The Hall–Kier alpha value is -2.08. The molecule has 0 aliphatic carbocycles. The van der Waals surface area contributed by atoms with E-state index in [-0.39, 0.29) is 17.2 Å². The molecular formula is C23H37N3O3. The SMILES string of the molecule is COCCCNC(=O)c1cc(NC(=O)CC(C)(C)C)ccc1N1CCC(C)CC1. The minimum absolute atomic E-state index is 0.0384. The standard InChI is InChI=1S/C23H37N3O3/c1-17-9-12-26(13-10-17)20-8-7-18(25-21(27)16-23(2,3)4)15-19(20)22(28)24-11-6-14-29-5/h7-8,15,17H,6,9-14,16H2,1-5H3,(H,24,28)(H,25,27). The van der Waals surface area contributed by atoms with Gasteiger partial charge in [-0.15, -0.1) is 0 Å². The van der Waals surface area contributed by atoms with Crippen LogP contribution in [0.1, 0.15) is 63.7 Å². The van der Waals surface area contributed by atoms with Crippen molar-refractivity contribution in [3.05, 3.63) is 23.8 Å². The fourth-order valence-corrected chi connectivity index (χ4v) is 3.52. The van der Waals surface area contributed by atoms with Crippen LogP contribution in [0, 0.1) is 11.3 Å². The maximum atomic E-state index is 12.9. The number of anilines is 2.